The zero-order chi connectivity index (χ0) is 15.2. The van der Waals surface area contributed by atoms with Crippen LogP contribution in [0.25, 0.3) is 0 Å². The van der Waals surface area contributed by atoms with E-state index in [4.69, 9.17) is 11.6 Å². The van der Waals surface area contributed by atoms with Gasteiger partial charge >= 0.3 is 0 Å². The van der Waals surface area contributed by atoms with Crippen LogP contribution >= 0.6 is 11.6 Å². The molecule has 0 amide bonds. The van der Waals surface area contributed by atoms with Crippen molar-refractivity contribution in [2.45, 2.75) is 25.2 Å². The minimum atomic E-state index is -3.16. The van der Waals surface area contributed by atoms with Crippen molar-refractivity contribution in [3.05, 3.63) is 34.9 Å². The molecular formula is C14H21ClO4S. The van der Waals surface area contributed by atoms with Crippen LogP contribution in [0.15, 0.2) is 24.3 Å². The molecule has 1 aromatic carbocycles. The highest BCUT2D eigenvalue weighted by Crippen LogP contribution is 2.30. The van der Waals surface area contributed by atoms with Crippen LogP contribution in [0.1, 0.15) is 25.3 Å². The quantitative estimate of drug-likeness (QED) is 0.765. The molecule has 0 bridgehead atoms. The third kappa shape index (κ3) is 4.45. The molecule has 0 aliphatic carbocycles. The molecule has 0 fully saturated rings. The van der Waals surface area contributed by atoms with Crippen molar-refractivity contribution in [3.8, 4) is 0 Å². The summed E-state index contributed by atoms with van der Waals surface area (Å²) in [5, 5.41) is 19.8. The number of benzene rings is 1. The lowest BCUT2D eigenvalue weighted by molar-refractivity contribution is 0.114. The molecule has 0 atom stereocenters. The Balaban J connectivity index is 2.99. The van der Waals surface area contributed by atoms with Gasteiger partial charge in [-0.2, -0.15) is 0 Å². The van der Waals surface area contributed by atoms with Crippen LogP contribution in [0.5, 0.6) is 0 Å². The van der Waals surface area contributed by atoms with Crippen LogP contribution < -0.4 is 0 Å². The first-order chi connectivity index (χ1) is 9.39. The van der Waals surface area contributed by atoms with E-state index in [1.165, 1.54) is 0 Å². The zero-order valence-electron chi connectivity index (χ0n) is 11.5. The number of aliphatic hydroxyl groups is 2. The lowest BCUT2D eigenvalue weighted by atomic mass is 9.79. The lowest BCUT2D eigenvalue weighted by Crippen LogP contribution is -2.37. The van der Waals surface area contributed by atoms with Crippen LogP contribution in [0.3, 0.4) is 0 Å². The third-order valence-electron chi connectivity index (χ3n) is 3.45. The molecule has 0 saturated heterocycles. The maximum Gasteiger partial charge on any atom is 0.150 e. The molecule has 0 spiro atoms. The molecule has 0 radical (unpaired) electrons. The highest BCUT2D eigenvalue weighted by atomic mass is 35.5. The molecule has 0 aliphatic rings. The summed E-state index contributed by atoms with van der Waals surface area (Å²) in [5.41, 5.74) is -0.326. The molecule has 0 heterocycles. The van der Waals surface area contributed by atoms with E-state index in [1.54, 1.807) is 31.2 Å². The predicted molar refractivity (Wildman–Crippen MR) is 80.9 cm³/mol. The molecule has 1 aromatic rings. The van der Waals surface area contributed by atoms with E-state index in [1.807, 2.05) is 0 Å². The second-order valence-corrected chi connectivity index (χ2v) is 7.75. The van der Waals surface area contributed by atoms with Gasteiger partial charge in [0.1, 0.15) is 9.84 Å². The summed E-state index contributed by atoms with van der Waals surface area (Å²) in [6.07, 6.45) is 0.730. The Bertz CT molecular complexity index is 524. The number of hydrogen-bond donors (Lipinski definition) is 2. The van der Waals surface area contributed by atoms with Gasteiger partial charge in [-0.1, -0.05) is 30.7 Å². The summed E-state index contributed by atoms with van der Waals surface area (Å²) >= 11 is 5.92. The van der Waals surface area contributed by atoms with Gasteiger partial charge < -0.3 is 10.2 Å². The Morgan fingerprint density at radius 1 is 1.20 bits per heavy atom. The Kier molecular flexibility index (Phi) is 6.45. The van der Waals surface area contributed by atoms with Crippen molar-refractivity contribution < 1.29 is 18.6 Å². The fraction of sp³-hybridized carbons (Fsp3) is 0.571. The second-order valence-electron chi connectivity index (χ2n) is 5.01. The van der Waals surface area contributed by atoms with E-state index < -0.39 is 15.3 Å². The van der Waals surface area contributed by atoms with Crippen LogP contribution in [-0.4, -0.2) is 43.4 Å². The molecule has 4 nitrogen and oxygen atoms in total. The molecule has 114 valence electrons. The van der Waals surface area contributed by atoms with Crippen LogP contribution in [0, 0.1) is 0 Å². The second kappa shape index (κ2) is 7.41. The minimum Gasteiger partial charge on any atom is -0.395 e. The molecule has 20 heavy (non-hydrogen) atoms. The molecule has 6 heteroatoms. The standard InChI is InChI=1S/C14H21ClO4S/c1-2-7-20(18,19)8-6-14(10-16,11-17)12-4-3-5-13(15)9-12/h3-5,9,16-17H,2,6-8,10-11H2,1H3. The summed E-state index contributed by atoms with van der Waals surface area (Å²) in [4.78, 5) is 0. The smallest absolute Gasteiger partial charge is 0.150 e. The minimum absolute atomic E-state index is 0.0610. The Labute approximate surface area is 125 Å². The summed E-state index contributed by atoms with van der Waals surface area (Å²) in [7, 11) is -3.16. The molecule has 0 saturated carbocycles. The average Bonchev–Trinajstić information content (AvgIpc) is 2.40. The van der Waals surface area contributed by atoms with Gasteiger partial charge in [0, 0.05) is 16.2 Å². The summed E-state index contributed by atoms with van der Waals surface area (Å²) in [5.74, 6) is 0.0595. The van der Waals surface area contributed by atoms with E-state index in [0.29, 0.717) is 17.0 Å². The van der Waals surface area contributed by atoms with Gasteiger partial charge in [-0.25, -0.2) is 8.42 Å². The van der Waals surface area contributed by atoms with Gasteiger partial charge in [-0.05, 0) is 30.5 Å². The zero-order valence-corrected chi connectivity index (χ0v) is 13.1. The first-order valence-electron chi connectivity index (χ1n) is 6.57. The number of sulfone groups is 1. The number of halogens is 1. The molecular weight excluding hydrogens is 300 g/mol. The van der Waals surface area contributed by atoms with Crippen molar-refractivity contribution in [2.75, 3.05) is 24.7 Å². The Morgan fingerprint density at radius 2 is 1.85 bits per heavy atom. The first-order valence-corrected chi connectivity index (χ1v) is 8.77. The maximum atomic E-state index is 11.8. The van der Waals surface area contributed by atoms with E-state index >= 15 is 0 Å². The van der Waals surface area contributed by atoms with Gasteiger partial charge in [-0.3, -0.25) is 0 Å². The van der Waals surface area contributed by atoms with Crippen molar-refractivity contribution >= 4 is 21.4 Å². The first kappa shape index (κ1) is 17.4. The summed E-state index contributed by atoms with van der Waals surface area (Å²) < 4.78 is 23.6. The van der Waals surface area contributed by atoms with Crippen LogP contribution in [0.2, 0.25) is 5.02 Å². The largest absolute Gasteiger partial charge is 0.395 e. The highest BCUT2D eigenvalue weighted by molar-refractivity contribution is 7.91. The average molecular weight is 321 g/mol. The van der Waals surface area contributed by atoms with E-state index in [2.05, 4.69) is 0 Å². The Hall–Kier alpha value is -0.620. The molecule has 1 rings (SSSR count). The van der Waals surface area contributed by atoms with Gasteiger partial charge in [0.05, 0.1) is 19.0 Å². The van der Waals surface area contributed by atoms with Gasteiger partial charge in [0.15, 0.2) is 0 Å². The maximum absolute atomic E-state index is 11.8. The van der Waals surface area contributed by atoms with Crippen molar-refractivity contribution in [2.24, 2.45) is 0 Å². The fourth-order valence-electron chi connectivity index (χ4n) is 2.12. The van der Waals surface area contributed by atoms with Crippen LogP contribution in [-0.2, 0) is 15.3 Å². The van der Waals surface area contributed by atoms with Crippen molar-refractivity contribution in [1.29, 1.82) is 0 Å². The molecule has 0 aliphatic heterocycles. The normalized spacial score (nSPS) is 12.6. The summed E-state index contributed by atoms with van der Waals surface area (Å²) in [6.45, 7) is 1.15. The number of rotatable bonds is 8. The van der Waals surface area contributed by atoms with Crippen LogP contribution in [0.4, 0.5) is 0 Å². The number of hydrogen-bond acceptors (Lipinski definition) is 4. The SMILES string of the molecule is CCCS(=O)(=O)CCC(CO)(CO)c1cccc(Cl)c1. The fourth-order valence-corrected chi connectivity index (χ4v) is 3.84. The molecule has 0 aromatic heterocycles. The van der Waals surface area contributed by atoms with E-state index in [-0.39, 0.29) is 31.1 Å². The monoisotopic (exact) mass is 320 g/mol. The van der Waals surface area contributed by atoms with E-state index in [0.717, 1.165) is 0 Å². The Morgan fingerprint density at radius 3 is 2.35 bits per heavy atom. The predicted octanol–water partition coefficient (Wildman–Crippen LogP) is 1.78. The van der Waals surface area contributed by atoms with Gasteiger partial charge in [-0.15, -0.1) is 0 Å². The van der Waals surface area contributed by atoms with Crippen molar-refractivity contribution in [3.63, 3.8) is 0 Å². The summed E-state index contributed by atoms with van der Waals surface area (Å²) in [6, 6.07) is 6.81. The lowest BCUT2D eigenvalue weighted by Gasteiger charge is -2.30. The molecule has 0 unspecified atom stereocenters. The molecule has 2 N–H and O–H groups in total. The third-order valence-corrected chi connectivity index (χ3v) is 5.54. The van der Waals surface area contributed by atoms with Gasteiger partial charge in [0.2, 0.25) is 0 Å². The number of aliphatic hydroxyl groups excluding tert-OH is 2. The van der Waals surface area contributed by atoms with E-state index in [9.17, 15) is 18.6 Å². The van der Waals surface area contributed by atoms with Crippen molar-refractivity contribution in [1.82, 2.24) is 0 Å². The highest BCUT2D eigenvalue weighted by Gasteiger charge is 2.32. The topological polar surface area (TPSA) is 74.6 Å². The van der Waals surface area contributed by atoms with Gasteiger partial charge in [0.25, 0.3) is 0 Å².